The van der Waals surface area contributed by atoms with Gasteiger partial charge in [0.05, 0.1) is 50.9 Å². The van der Waals surface area contributed by atoms with Crippen molar-refractivity contribution in [3.63, 3.8) is 0 Å². The largest absolute Gasteiger partial charge is 0.310 e. The number of para-hydroxylation sites is 6. The molecule has 5 nitrogen and oxygen atoms in total. The summed E-state index contributed by atoms with van der Waals surface area (Å²) in [6.07, 6.45) is 0. The van der Waals surface area contributed by atoms with Gasteiger partial charge in [-0.2, -0.15) is 0 Å². The average molecular weight is 1660 g/mol. The van der Waals surface area contributed by atoms with Crippen LogP contribution in [0, 0.1) is 0 Å². The number of rotatable bonds is 10. The molecule has 24 rings (SSSR count). The molecule has 0 amide bonds. The molecule has 5 heterocycles. The molecule has 0 bridgehead atoms. The summed E-state index contributed by atoms with van der Waals surface area (Å²) in [7, 11) is 0. The molecule has 6 aliphatic rings. The zero-order valence-corrected chi connectivity index (χ0v) is 74.6. The van der Waals surface area contributed by atoms with Crippen molar-refractivity contribution in [1.29, 1.82) is 0 Å². The van der Waals surface area contributed by atoms with Crippen LogP contribution in [0.4, 0.5) is 85.3 Å². The fourth-order valence-corrected chi connectivity index (χ4v) is 22.9. The van der Waals surface area contributed by atoms with E-state index in [1.54, 1.807) is 0 Å². The van der Waals surface area contributed by atoms with Crippen molar-refractivity contribution in [3.05, 3.63) is 468 Å². The second-order valence-corrected chi connectivity index (χ2v) is 39.1. The molecule has 18 aromatic rings. The smallest absolute Gasteiger partial charge is 0.252 e. The van der Waals surface area contributed by atoms with Crippen LogP contribution in [0.1, 0.15) is 125 Å². The topological polar surface area (TPSA) is 16.2 Å². The van der Waals surface area contributed by atoms with Gasteiger partial charge in [0.25, 0.3) is 6.71 Å². The summed E-state index contributed by atoms with van der Waals surface area (Å²) >= 11 is 0. The Labute approximate surface area is 758 Å². The van der Waals surface area contributed by atoms with Crippen LogP contribution in [0.3, 0.4) is 0 Å². The predicted molar refractivity (Wildman–Crippen MR) is 544 cm³/mol. The highest BCUT2D eigenvalue weighted by molar-refractivity contribution is 7.00. The molecule has 0 fully saturated rings. The molecule has 1 spiro atoms. The first-order valence-electron chi connectivity index (χ1n) is 45.7. The summed E-state index contributed by atoms with van der Waals surface area (Å²) in [5.41, 5.74) is 44.8. The summed E-state index contributed by atoms with van der Waals surface area (Å²) in [5, 5.41) is 0. The van der Waals surface area contributed by atoms with Gasteiger partial charge in [0.15, 0.2) is 0 Å². The van der Waals surface area contributed by atoms with Crippen molar-refractivity contribution in [1.82, 2.24) is 0 Å². The van der Waals surface area contributed by atoms with Gasteiger partial charge >= 0.3 is 0 Å². The molecule has 0 unspecified atom stereocenters. The molecule has 0 atom stereocenters. The second kappa shape index (κ2) is 29.0. The second-order valence-electron chi connectivity index (χ2n) is 39.1. The van der Waals surface area contributed by atoms with Crippen LogP contribution in [0.5, 0.6) is 0 Å². The van der Waals surface area contributed by atoms with Gasteiger partial charge in [-0.05, 0) is 243 Å². The maximum Gasteiger partial charge on any atom is 0.252 e. The van der Waals surface area contributed by atoms with Gasteiger partial charge in [0.1, 0.15) is 0 Å². The molecule has 0 aromatic heterocycles. The standard InChI is InChI=1S/C123H98BN5/c1-119(2,3)85-73-92(79-40-16-11-17-41-79)117(93(74-85)80-42-18-12-19-43-80)128-112-77-88(126-106-59-35-30-54-98(106)121(7,8)99-55-31-36-60-107(99)126)65-67-104(112)124-105-68-66-89(127-108-61-37-32-56-100(108)122(9,10)101-57-33-38-62-109(101)127)78-113(105)129(118-94(81-44-20-13-21-45-81)75-86(120(4,5)6)76-95(118)82-46-22-14-23-47-82)115-72-84(71-114(128)116(115)124)83-64-69-111-103(70-83)123(96-52-28-26-50-90(96)91-51-27-29-53-97(91)123)102-58-34-39-63-110(102)125(111)87-48-24-15-25-49-87/h11-78H,1-10H3. The van der Waals surface area contributed by atoms with E-state index in [-0.39, 0.29) is 28.4 Å². The number of benzene rings is 18. The molecule has 0 saturated heterocycles. The first-order chi connectivity index (χ1) is 62.8. The lowest BCUT2D eigenvalue weighted by Crippen LogP contribution is -2.61. The zero-order valence-electron chi connectivity index (χ0n) is 74.6. The van der Waals surface area contributed by atoms with Crippen LogP contribution in [0.2, 0.25) is 0 Å². The summed E-state index contributed by atoms with van der Waals surface area (Å²) in [6.45, 7) is 23.5. The fourth-order valence-electron chi connectivity index (χ4n) is 22.9. The maximum atomic E-state index is 2.77. The van der Waals surface area contributed by atoms with E-state index in [9.17, 15) is 0 Å². The Kier molecular flexibility index (Phi) is 17.5. The molecule has 0 radical (unpaired) electrons. The van der Waals surface area contributed by atoms with Crippen LogP contribution in [-0.4, -0.2) is 6.71 Å². The summed E-state index contributed by atoms with van der Waals surface area (Å²) < 4.78 is 0. The van der Waals surface area contributed by atoms with Gasteiger partial charge in [0.2, 0.25) is 0 Å². The maximum absolute atomic E-state index is 2.77. The first kappa shape index (κ1) is 77.6. The van der Waals surface area contributed by atoms with Gasteiger partial charge < -0.3 is 24.5 Å². The Hall–Kier alpha value is -15.0. The minimum absolute atomic E-state index is 0.264. The average Bonchev–Trinajstić information content (AvgIpc) is 1.47. The van der Waals surface area contributed by atoms with Crippen LogP contribution >= 0.6 is 0 Å². The van der Waals surface area contributed by atoms with Crippen molar-refractivity contribution in [2.24, 2.45) is 0 Å². The monoisotopic (exact) mass is 1660 g/mol. The van der Waals surface area contributed by atoms with Gasteiger partial charge in [-0.3, -0.25) is 0 Å². The van der Waals surface area contributed by atoms with Crippen LogP contribution in [0.25, 0.3) is 66.8 Å². The molecule has 18 aromatic carbocycles. The lowest BCUT2D eigenvalue weighted by atomic mass is 9.33. The van der Waals surface area contributed by atoms with E-state index in [1.807, 2.05) is 0 Å². The number of anilines is 15. The van der Waals surface area contributed by atoms with Crippen LogP contribution in [0.15, 0.2) is 413 Å². The Morgan fingerprint density at radius 3 is 0.868 bits per heavy atom. The Balaban J connectivity index is 0.897. The van der Waals surface area contributed by atoms with Crippen molar-refractivity contribution in [2.45, 2.75) is 96.3 Å². The van der Waals surface area contributed by atoms with Gasteiger partial charge in [0, 0.05) is 72.9 Å². The molecular formula is C123H98BN5. The van der Waals surface area contributed by atoms with E-state index in [0.29, 0.717) is 0 Å². The summed E-state index contributed by atoms with van der Waals surface area (Å²) in [6, 6.07) is 159. The van der Waals surface area contributed by atoms with Gasteiger partial charge in [-0.25, -0.2) is 0 Å². The Bertz CT molecular complexity index is 7010. The Morgan fingerprint density at radius 1 is 0.202 bits per heavy atom. The molecule has 1 aliphatic carbocycles. The molecular weight excluding hydrogens is 1560 g/mol. The number of hydrogen-bond acceptors (Lipinski definition) is 5. The van der Waals surface area contributed by atoms with Crippen LogP contribution < -0.4 is 40.9 Å². The van der Waals surface area contributed by atoms with E-state index in [1.165, 1.54) is 106 Å². The van der Waals surface area contributed by atoms with E-state index in [2.05, 4.69) is 506 Å². The van der Waals surface area contributed by atoms with Crippen molar-refractivity contribution in [3.8, 4) is 66.8 Å². The van der Waals surface area contributed by atoms with E-state index >= 15 is 0 Å². The Morgan fingerprint density at radius 2 is 0.504 bits per heavy atom. The number of fused-ring (bicyclic) bond motifs is 17. The highest BCUT2D eigenvalue weighted by atomic mass is 15.2. The predicted octanol–water partition coefficient (Wildman–Crippen LogP) is 31.1. The highest BCUT2D eigenvalue weighted by Gasteiger charge is 2.53. The number of hydrogen-bond donors (Lipinski definition) is 0. The third-order valence-electron chi connectivity index (χ3n) is 29.1. The van der Waals surface area contributed by atoms with Gasteiger partial charge in [-0.1, -0.05) is 366 Å². The third kappa shape index (κ3) is 11.7. The van der Waals surface area contributed by atoms with Crippen molar-refractivity contribution in [2.75, 3.05) is 24.5 Å². The molecule has 6 heteroatoms. The molecule has 129 heavy (non-hydrogen) atoms. The first-order valence-corrected chi connectivity index (χ1v) is 45.7. The van der Waals surface area contributed by atoms with E-state index < -0.39 is 5.41 Å². The quantitative estimate of drug-likeness (QED) is 0.127. The van der Waals surface area contributed by atoms with Crippen molar-refractivity contribution >= 4 is 108 Å². The zero-order chi connectivity index (χ0) is 87.1. The SMILES string of the molecule is CC(C)(C)c1cc(-c2ccccc2)c(N2c3cc(N4c5ccccc5C(C)(C)c5ccccc54)ccc3B3c4ccc(N5c6ccccc6C(C)(C)c6ccccc65)cc4N(c4c(-c5ccccc5)cc(C(C)(C)C)cc4-c4ccccc4)c4cc(-c5ccc6c(c5)C5(c7ccccc7-c7ccccc75)c5ccccc5N6c5ccccc5)cc2c43)c(-c2ccccc2)c1. The fraction of sp³-hybridized carbons (Fsp3) is 0.122. The van der Waals surface area contributed by atoms with E-state index in [0.717, 1.165) is 118 Å². The minimum atomic E-state index is -0.757. The minimum Gasteiger partial charge on any atom is -0.310 e. The lowest BCUT2D eigenvalue weighted by molar-refractivity contribution is 0.590. The normalized spacial score (nSPS) is 14.7. The van der Waals surface area contributed by atoms with Crippen LogP contribution in [-0.2, 0) is 27.1 Å². The molecule has 5 aliphatic heterocycles. The van der Waals surface area contributed by atoms with E-state index in [4.69, 9.17) is 0 Å². The lowest BCUT2D eigenvalue weighted by Gasteiger charge is -2.47. The molecule has 0 N–H and O–H groups in total. The molecule has 0 saturated carbocycles. The number of nitrogens with zero attached hydrogens (tertiary/aromatic N) is 5. The third-order valence-corrected chi connectivity index (χ3v) is 29.1. The highest BCUT2D eigenvalue weighted by Crippen LogP contribution is 2.66. The van der Waals surface area contributed by atoms with Gasteiger partial charge in [-0.15, -0.1) is 0 Å². The summed E-state index contributed by atoms with van der Waals surface area (Å²) in [4.78, 5) is 13.2. The summed E-state index contributed by atoms with van der Waals surface area (Å²) in [5.74, 6) is 0. The van der Waals surface area contributed by atoms with Crippen molar-refractivity contribution < 1.29 is 0 Å². The molecule has 618 valence electrons.